The second-order valence-corrected chi connectivity index (χ2v) is 9.93. The van der Waals surface area contributed by atoms with Gasteiger partial charge in [0.2, 0.25) is 0 Å². The van der Waals surface area contributed by atoms with Crippen molar-refractivity contribution in [2.75, 3.05) is 50.5 Å². The van der Waals surface area contributed by atoms with Gasteiger partial charge in [-0.2, -0.15) is 0 Å². The molecule has 0 spiro atoms. The minimum atomic E-state index is 0.0649. The Morgan fingerprint density at radius 1 is 0.971 bits per heavy atom. The number of halogens is 1. The van der Waals surface area contributed by atoms with Crippen LogP contribution in [0, 0.1) is 0 Å². The maximum absolute atomic E-state index is 13.7. The fourth-order valence-electron chi connectivity index (χ4n) is 4.31. The SMILES string of the molecule is CN(C)c1ccc(C(=O)N2CCN(Cc3ccccc3)CCCNc3ccc(Br)cc3C2)cc1. The van der Waals surface area contributed by atoms with Gasteiger partial charge in [0.15, 0.2) is 0 Å². The molecule has 178 valence electrons. The van der Waals surface area contributed by atoms with Crippen molar-refractivity contribution in [3.8, 4) is 0 Å². The standard InChI is InChI=1S/C28H33BrN4O/c1-31(2)26-12-9-23(10-13-26)28(34)33-18-17-32(20-22-7-4-3-5-8-22)16-6-15-30-27-14-11-25(29)19-24(27)21-33/h3-5,7-14,19,30H,6,15-18,20-21H2,1-2H3. The predicted octanol–water partition coefficient (Wildman–Crippen LogP) is 5.48. The third-order valence-corrected chi connectivity index (χ3v) is 6.74. The van der Waals surface area contributed by atoms with E-state index in [2.05, 4.69) is 74.7 Å². The quantitative estimate of drug-likeness (QED) is 0.494. The first-order valence-electron chi connectivity index (χ1n) is 11.8. The molecule has 4 rings (SSSR count). The van der Waals surface area contributed by atoms with E-state index < -0.39 is 0 Å². The Bertz CT molecular complexity index is 1090. The van der Waals surface area contributed by atoms with Crippen LogP contribution in [-0.2, 0) is 13.1 Å². The lowest BCUT2D eigenvalue weighted by Gasteiger charge is -2.28. The number of carbonyl (C=O) groups is 1. The molecule has 3 aromatic carbocycles. The molecule has 1 heterocycles. The number of nitrogens with zero attached hydrogens (tertiary/aromatic N) is 3. The molecule has 1 amide bonds. The molecule has 5 nitrogen and oxygen atoms in total. The summed E-state index contributed by atoms with van der Waals surface area (Å²) in [7, 11) is 4.02. The van der Waals surface area contributed by atoms with E-state index in [9.17, 15) is 4.79 Å². The van der Waals surface area contributed by atoms with Gasteiger partial charge in [-0.3, -0.25) is 9.69 Å². The smallest absolute Gasteiger partial charge is 0.254 e. The van der Waals surface area contributed by atoms with Crippen LogP contribution >= 0.6 is 15.9 Å². The van der Waals surface area contributed by atoms with Crippen LogP contribution in [0.2, 0.25) is 0 Å². The van der Waals surface area contributed by atoms with Gasteiger partial charge >= 0.3 is 0 Å². The van der Waals surface area contributed by atoms with Crippen molar-refractivity contribution in [3.63, 3.8) is 0 Å². The van der Waals surface area contributed by atoms with Crippen molar-refractivity contribution < 1.29 is 4.79 Å². The average Bonchev–Trinajstić information content (AvgIpc) is 2.88. The molecule has 0 saturated carbocycles. The van der Waals surface area contributed by atoms with E-state index in [1.807, 2.05) is 48.2 Å². The summed E-state index contributed by atoms with van der Waals surface area (Å²) in [6.07, 6.45) is 1.04. The monoisotopic (exact) mass is 520 g/mol. The number of rotatable bonds is 4. The lowest BCUT2D eigenvalue weighted by molar-refractivity contribution is 0.0720. The van der Waals surface area contributed by atoms with E-state index in [1.165, 1.54) is 5.56 Å². The van der Waals surface area contributed by atoms with Gasteiger partial charge in [-0.25, -0.2) is 0 Å². The molecule has 0 aliphatic carbocycles. The van der Waals surface area contributed by atoms with Crippen molar-refractivity contribution in [3.05, 3.63) is 94.0 Å². The van der Waals surface area contributed by atoms with E-state index in [0.717, 1.165) is 59.6 Å². The zero-order valence-corrected chi connectivity index (χ0v) is 21.6. The summed E-state index contributed by atoms with van der Waals surface area (Å²) in [5.74, 6) is 0.0649. The average molecular weight is 522 g/mol. The topological polar surface area (TPSA) is 38.8 Å². The Labute approximate surface area is 211 Å². The highest BCUT2D eigenvalue weighted by Gasteiger charge is 2.20. The van der Waals surface area contributed by atoms with Gasteiger partial charge < -0.3 is 15.1 Å². The minimum absolute atomic E-state index is 0.0649. The number of hydrogen-bond acceptors (Lipinski definition) is 4. The summed E-state index contributed by atoms with van der Waals surface area (Å²) < 4.78 is 1.02. The maximum atomic E-state index is 13.7. The summed E-state index contributed by atoms with van der Waals surface area (Å²) in [5.41, 5.74) is 5.33. The highest BCUT2D eigenvalue weighted by molar-refractivity contribution is 9.10. The Hall–Kier alpha value is -2.83. The summed E-state index contributed by atoms with van der Waals surface area (Å²) in [6, 6.07) is 24.7. The fraction of sp³-hybridized carbons (Fsp3) is 0.321. The predicted molar refractivity (Wildman–Crippen MR) is 144 cm³/mol. The molecular formula is C28H33BrN4O. The molecule has 0 bridgehead atoms. The first-order valence-corrected chi connectivity index (χ1v) is 12.6. The van der Waals surface area contributed by atoms with Crippen LogP contribution in [-0.4, -0.2) is 56.0 Å². The van der Waals surface area contributed by atoms with Gasteiger partial charge in [-0.05, 0) is 60.0 Å². The highest BCUT2D eigenvalue weighted by atomic mass is 79.9. The van der Waals surface area contributed by atoms with Crippen molar-refractivity contribution in [2.45, 2.75) is 19.5 Å². The summed E-state index contributed by atoms with van der Waals surface area (Å²) >= 11 is 3.61. The zero-order chi connectivity index (χ0) is 23.9. The van der Waals surface area contributed by atoms with Crippen molar-refractivity contribution in [1.82, 2.24) is 9.80 Å². The Kier molecular flexibility index (Phi) is 8.25. The van der Waals surface area contributed by atoms with Crippen LogP contribution in [0.4, 0.5) is 11.4 Å². The largest absolute Gasteiger partial charge is 0.385 e. The van der Waals surface area contributed by atoms with Gasteiger partial charge in [0.05, 0.1) is 0 Å². The van der Waals surface area contributed by atoms with E-state index in [1.54, 1.807) is 0 Å². The summed E-state index contributed by atoms with van der Waals surface area (Å²) in [4.78, 5) is 20.1. The number of benzene rings is 3. The minimum Gasteiger partial charge on any atom is -0.385 e. The van der Waals surface area contributed by atoms with Crippen molar-refractivity contribution in [2.24, 2.45) is 0 Å². The van der Waals surface area contributed by atoms with Gasteiger partial charge in [-0.1, -0.05) is 46.3 Å². The molecule has 3 aromatic rings. The van der Waals surface area contributed by atoms with Gasteiger partial charge in [0, 0.05) is 74.8 Å². The number of hydrogen-bond donors (Lipinski definition) is 1. The Morgan fingerprint density at radius 2 is 1.74 bits per heavy atom. The molecular weight excluding hydrogens is 488 g/mol. The third kappa shape index (κ3) is 6.39. The van der Waals surface area contributed by atoms with Gasteiger partial charge in [0.25, 0.3) is 5.91 Å². The van der Waals surface area contributed by atoms with E-state index in [4.69, 9.17) is 0 Å². The van der Waals surface area contributed by atoms with Crippen LogP contribution in [0.1, 0.15) is 27.9 Å². The Morgan fingerprint density at radius 3 is 2.47 bits per heavy atom. The number of carbonyl (C=O) groups excluding carboxylic acids is 1. The number of amides is 1. The number of anilines is 2. The highest BCUT2D eigenvalue weighted by Crippen LogP contribution is 2.24. The van der Waals surface area contributed by atoms with E-state index >= 15 is 0 Å². The molecule has 6 heteroatoms. The second kappa shape index (κ2) is 11.5. The van der Waals surface area contributed by atoms with Crippen LogP contribution in [0.3, 0.4) is 0 Å². The maximum Gasteiger partial charge on any atom is 0.254 e. The normalized spacial score (nSPS) is 15.1. The molecule has 0 fully saturated rings. The Balaban J connectivity index is 1.59. The van der Waals surface area contributed by atoms with Crippen molar-refractivity contribution >= 4 is 33.2 Å². The van der Waals surface area contributed by atoms with Crippen molar-refractivity contribution in [1.29, 1.82) is 0 Å². The van der Waals surface area contributed by atoms with Crippen LogP contribution < -0.4 is 10.2 Å². The summed E-state index contributed by atoms with van der Waals surface area (Å²) in [5, 5.41) is 3.60. The second-order valence-electron chi connectivity index (χ2n) is 9.01. The molecule has 0 radical (unpaired) electrons. The van der Waals surface area contributed by atoms with Crippen LogP contribution in [0.25, 0.3) is 0 Å². The molecule has 1 aliphatic heterocycles. The first-order chi connectivity index (χ1) is 16.5. The lowest BCUT2D eigenvalue weighted by Crippen LogP contribution is -2.38. The molecule has 0 atom stereocenters. The van der Waals surface area contributed by atoms with Gasteiger partial charge in [-0.15, -0.1) is 0 Å². The molecule has 0 aromatic heterocycles. The molecule has 1 N–H and O–H groups in total. The molecule has 0 unspecified atom stereocenters. The molecule has 0 saturated heterocycles. The van der Waals surface area contributed by atoms with E-state index in [0.29, 0.717) is 13.1 Å². The fourth-order valence-corrected chi connectivity index (χ4v) is 4.72. The molecule has 1 aliphatic rings. The summed E-state index contributed by atoms with van der Waals surface area (Å²) in [6.45, 7) is 4.84. The van der Waals surface area contributed by atoms with E-state index in [-0.39, 0.29) is 5.91 Å². The molecule has 34 heavy (non-hydrogen) atoms. The van der Waals surface area contributed by atoms with Gasteiger partial charge in [0.1, 0.15) is 0 Å². The van der Waals surface area contributed by atoms with Crippen LogP contribution in [0.15, 0.2) is 77.3 Å². The van der Waals surface area contributed by atoms with Crippen LogP contribution in [0.5, 0.6) is 0 Å². The number of nitrogens with one attached hydrogen (secondary N) is 1. The third-order valence-electron chi connectivity index (χ3n) is 6.25. The first kappa shape index (κ1) is 24.3. The zero-order valence-electron chi connectivity index (χ0n) is 20.0. The lowest BCUT2D eigenvalue weighted by atomic mass is 10.1. The number of fused-ring (bicyclic) bond motifs is 1.